The van der Waals surface area contributed by atoms with Crippen molar-refractivity contribution in [3.8, 4) is 0 Å². The van der Waals surface area contributed by atoms with Crippen molar-refractivity contribution in [3.05, 3.63) is 21.8 Å². The lowest BCUT2D eigenvalue weighted by atomic mass is 10.2. The van der Waals surface area contributed by atoms with E-state index in [1.54, 1.807) is 6.20 Å². The number of hydrogen-bond donors (Lipinski definition) is 2. The fraction of sp³-hybridized carbons (Fsp3) is 0.500. The molecular formula is C10H13BrClN3. The minimum absolute atomic E-state index is 0.548. The van der Waals surface area contributed by atoms with Gasteiger partial charge in [-0.3, -0.25) is 0 Å². The van der Waals surface area contributed by atoms with Crippen LogP contribution >= 0.6 is 27.5 Å². The maximum Gasteiger partial charge on any atom is 0.144 e. The molecule has 1 aliphatic heterocycles. The van der Waals surface area contributed by atoms with Crippen LogP contribution in [0, 0.1) is 0 Å². The lowest BCUT2D eigenvalue weighted by molar-refractivity contribution is 0.632. The van der Waals surface area contributed by atoms with E-state index < -0.39 is 0 Å². The monoisotopic (exact) mass is 289 g/mol. The normalized spacial score (nSPS) is 20.5. The molecule has 1 unspecified atom stereocenters. The summed E-state index contributed by atoms with van der Waals surface area (Å²) in [6.45, 7) is 2.00. The molecule has 1 saturated heterocycles. The molecule has 0 radical (unpaired) electrons. The van der Waals surface area contributed by atoms with Crippen molar-refractivity contribution in [2.24, 2.45) is 0 Å². The van der Waals surface area contributed by atoms with Crippen molar-refractivity contribution in [3.63, 3.8) is 0 Å². The standard InChI is InChI=1S/C10H13BrClN3/c11-7-4-9(12)10(14-5-7)15-6-8-2-1-3-13-8/h4-5,8,13H,1-3,6H2,(H,14,15). The zero-order valence-electron chi connectivity index (χ0n) is 8.26. The molecule has 1 aromatic rings. The first-order valence-electron chi connectivity index (χ1n) is 5.04. The van der Waals surface area contributed by atoms with Gasteiger partial charge in [-0.2, -0.15) is 0 Å². The minimum atomic E-state index is 0.548. The molecule has 2 heterocycles. The predicted octanol–water partition coefficient (Wildman–Crippen LogP) is 2.66. The van der Waals surface area contributed by atoms with Crippen LogP contribution in [0.5, 0.6) is 0 Å². The first kappa shape index (κ1) is 11.2. The molecule has 0 bridgehead atoms. The molecule has 0 aromatic carbocycles. The molecule has 82 valence electrons. The highest BCUT2D eigenvalue weighted by Crippen LogP contribution is 2.22. The Balaban J connectivity index is 1.92. The van der Waals surface area contributed by atoms with E-state index in [0.29, 0.717) is 11.1 Å². The Hall–Kier alpha value is -0.320. The van der Waals surface area contributed by atoms with Crippen molar-refractivity contribution >= 4 is 33.3 Å². The molecule has 1 fully saturated rings. The summed E-state index contributed by atoms with van der Waals surface area (Å²) in [5.41, 5.74) is 0. The number of aromatic nitrogens is 1. The van der Waals surface area contributed by atoms with Gasteiger partial charge in [0.15, 0.2) is 0 Å². The van der Waals surface area contributed by atoms with Crippen LogP contribution in [-0.2, 0) is 0 Å². The molecule has 1 atom stereocenters. The minimum Gasteiger partial charge on any atom is -0.367 e. The summed E-state index contributed by atoms with van der Waals surface area (Å²) in [5, 5.41) is 7.33. The molecule has 0 amide bonds. The Kier molecular flexibility index (Phi) is 3.83. The Labute approximate surface area is 103 Å². The van der Waals surface area contributed by atoms with Crippen molar-refractivity contribution in [1.82, 2.24) is 10.3 Å². The Morgan fingerprint density at radius 1 is 1.67 bits per heavy atom. The average Bonchev–Trinajstić information content (AvgIpc) is 2.69. The number of nitrogens with zero attached hydrogens (tertiary/aromatic N) is 1. The highest BCUT2D eigenvalue weighted by molar-refractivity contribution is 9.10. The van der Waals surface area contributed by atoms with Gasteiger partial charge in [0.05, 0.1) is 5.02 Å². The van der Waals surface area contributed by atoms with Crippen LogP contribution in [0.3, 0.4) is 0 Å². The highest BCUT2D eigenvalue weighted by atomic mass is 79.9. The van der Waals surface area contributed by atoms with Gasteiger partial charge in [0, 0.05) is 23.3 Å². The largest absolute Gasteiger partial charge is 0.367 e. The molecule has 1 aromatic heterocycles. The summed E-state index contributed by atoms with van der Waals surface area (Å²) in [4.78, 5) is 4.22. The number of nitrogens with one attached hydrogen (secondary N) is 2. The quantitative estimate of drug-likeness (QED) is 0.898. The van der Waals surface area contributed by atoms with E-state index in [1.807, 2.05) is 6.07 Å². The predicted molar refractivity (Wildman–Crippen MR) is 66.5 cm³/mol. The van der Waals surface area contributed by atoms with Gasteiger partial charge in [-0.1, -0.05) is 11.6 Å². The zero-order chi connectivity index (χ0) is 10.7. The summed E-state index contributed by atoms with van der Waals surface area (Å²) >= 11 is 9.37. The van der Waals surface area contributed by atoms with E-state index in [0.717, 1.165) is 23.4 Å². The fourth-order valence-electron chi connectivity index (χ4n) is 1.70. The second-order valence-corrected chi connectivity index (χ2v) is 4.98. The lowest BCUT2D eigenvalue weighted by Crippen LogP contribution is -2.29. The topological polar surface area (TPSA) is 37.0 Å². The van der Waals surface area contributed by atoms with Crippen LogP contribution < -0.4 is 10.6 Å². The molecule has 0 spiro atoms. The number of hydrogen-bond acceptors (Lipinski definition) is 3. The Morgan fingerprint density at radius 3 is 3.20 bits per heavy atom. The summed E-state index contributed by atoms with van der Waals surface area (Å²) in [6, 6.07) is 2.39. The second kappa shape index (κ2) is 5.14. The van der Waals surface area contributed by atoms with Gasteiger partial charge in [0.2, 0.25) is 0 Å². The molecule has 3 nitrogen and oxygen atoms in total. The van der Waals surface area contributed by atoms with Crippen molar-refractivity contribution < 1.29 is 0 Å². The van der Waals surface area contributed by atoms with Gasteiger partial charge in [0.25, 0.3) is 0 Å². The van der Waals surface area contributed by atoms with Crippen LogP contribution in [0.1, 0.15) is 12.8 Å². The SMILES string of the molecule is Clc1cc(Br)cnc1NCC1CCCN1. The molecular weight excluding hydrogens is 277 g/mol. The average molecular weight is 291 g/mol. The Bertz CT molecular complexity index is 339. The van der Waals surface area contributed by atoms with E-state index in [4.69, 9.17) is 11.6 Å². The van der Waals surface area contributed by atoms with Crippen molar-refractivity contribution in [2.45, 2.75) is 18.9 Å². The van der Waals surface area contributed by atoms with Crippen molar-refractivity contribution in [1.29, 1.82) is 0 Å². The van der Waals surface area contributed by atoms with E-state index in [9.17, 15) is 0 Å². The second-order valence-electron chi connectivity index (χ2n) is 3.66. The smallest absolute Gasteiger partial charge is 0.144 e. The Morgan fingerprint density at radius 2 is 2.53 bits per heavy atom. The van der Waals surface area contributed by atoms with Gasteiger partial charge in [-0.05, 0) is 41.4 Å². The first-order valence-corrected chi connectivity index (χ1v) is 6.21. The van der Waals surface area contributed by atoms with Gasteiger partial charge >= 0.3 is 0 Å². The highest BCUT2D eigenvalue weighted by Gasteiger charge is 2.14. The van der Waals surface area contributed by atoms with Gasteiger partial charge in [-0.25, -0.2) is 4.98 Å². The summed E-state index contributed by atoms with van der Waals surface area (Å²) in [6.07, 6.45) is 4.23. The van der Waals surface area contributed by atoms with Crippen LogP contribution in [0.15, 0.2) is 16.7 Å². The van der Waals surface area contributed by atoms with Crippen LogP contribution in [-0.4, -0.2) is 24.1 Å². The molecule has 0 saturated carbocycles. The first-order chi connectivity index (χ1) is 7.25. The van der Waals surface area contributed by atoms with Gasteiger partial charge in [0.1, 0.15) is 5.82 Å². The number of halogens is 2. The third-order valence-corrected chi connectivity index (χ3v) is 3.21. The number of rotatable bonds is 3. The van der Waals surface area contributed by atoms with E-state index in [2.05, 4.69) is 31.5 Å². The maximum atomic E-state index is 6.04. The number of pyridine rings is 1. The molecule has 1 aliphatic rings. The molecule has 15 heavy (non-hydrogen) atoms. The summed E-state index contributed by atoms with van der Waals surface area (Å²) in [5.74, 6) is 0.758. The van der Waals surface area contributed by atoms with Crippen LogP contribution in [0.2, 0.25) is 5.02 Å². The molecule has 2 N–H and O–H groups in total. The van der Waals surface area contributed by atoms with Crippen LogP contribution in [0.25, 0.3) is 0 Å². The lowest BCUT2D eigenvalue weighted by Gasteiger charge is -2.12. The molecule has 2 rings (SSSR count). The third kappa shape index (κ3) is 3.06. The molecule has 5 heteroatoms. The summed E-state index contributed by atoms with van der Waals surface area (Å²) < 4.78 is 0.900. The van der Waals surface area contributed by atoms with E-state index in [1.165, 1.54) is 12.8 Å². The third-order valence-electron chi connectivity index (χ3n) is 2.49. The van der Waals surface area contributed by atoms with Crippen LogP contribution in [0.4, 0.5) is 5.82 Å². The van der Waals surface area contributed by atoms with Gasteiger partial charge < -0.3 is 10.6 Å². The zero-order valence-corrected chi connectivity index (χ0v) is 10.6. The van der Waals surface area contributed by atoms with Gasteiger partial charge in [-0.15, -0.1) is 0 Å². The number of anilines is 1. The van der Waals surface area contributed by atoms with Crippen molar-refractivity contribution in [2.75, 3.05) is 18.4 Å². The summed E-state index contributed by atoms with van der Waals surface area (Å²) in [7, 11) is 0. The van der Waals surface area contributed by atoms with E-state index >= 15 is 0 Å². The fourth-order valence-corrected chi connectivity index (χ4v) is 2.39. The van der Waals surface area contributed by atoms with E-state index in [-0.39, 0.29) is 0 Å². The maximum absolute atomic E-state index is 6.04. The molecule has 0 aliphatic carbocycles.